The first-order valence-electron chi connectivity index (χ1n) is 9.56. The molecule has 4 heterocycles. The standard InChI is InChI=1S/C20H22N2O5/c1-10(23)19-9-22(2)14-7-12(19)16(17(25)27-19)18-8-15(24)26-20(14,18)21-13-6-4-3-5-11(13)18/h3-6,10,12,14,16,21,23H,7-9H2,1-2H3/t10-,12-,14?,16+,18+,19?,20+/m1/s1. The number of rotatable bonds is 1. The lowest BCUT2D eigenvalue weighted by atomic mass is 9.50. The molecule has 4 fully saturated rings. The maximum atomic E-state index is 13.3. The molecule has 0 aromatic heterocycles. The number of anilines is 1. The number of aliphatic hydroxyl groups is 1. The van der Waals surface area contributed by atoms with Crippen LogP contribution in [0.25, 0.3) is 0 Å². The van der Waals surface area contributed by atoms with Crippen LogP contribution in [-0.4, -0.2) is 59.0 Å². The molecule has 2 unspecified atom stereocenters. The summed E-state index contributed by atoms with van der Waals surface area (Å²) in [5.74, 6) is -1.28. The molecule has 2 N–H and O–H groups in total. The molecule has 7 heteroatoms. The van der Waals surface area contributed by atoms with Gasteiger partial charge in [0.2, 0.25) is 5.72 Å². The smallest absolute Gasteiger partial charge is 0.311 e. The lowest BCUT2D eigenvalue weighted by Crippen LogP contribution is -2.75. The van der Waals surface area contributed by atoms with Crippen molar-refractivity contribution in [2.75, 3.05) is 18.9 Å². The minimum Gasteiger partial charge on any atom is -0.454 e. The van der Waals surface area contributed by atoms with Gasteiger partial charge in [-0.3, -0.25) is 14.5 Å². The minimum atomic E-state index is -0.974. The number of para-hydroxylation sites is 1. The number of likely N-dealkylation sites (tertiary alicyclic amines) is 1. The molecule has 6 rings (SSSR count). The Bertz CT molecular complexity index is 902. The van der Waals surface area contributed by atoms with E-state index in [4.69, 9.17) is 9.47 Å². The summed E-state index contributed by atoms with van der Waals surface area (Å²) < 4.78 is 12.0. The van der Waals surface area contributed by atoms with Crippen LogP contribution in [0.4, 0.5) is 5.69 Å². The third-order valence-corrected chi connectivity index (χ3v) is 7.88. The van der Waals surface area contributed by atoms with Crippen LogP contribution in [-0.2, 0) is 24.5 Å². The van der Waals surface area contributed by atoms with Crippen LogP contribution in [0, 0.1) is 11.8 Å². The summed E-state index contributed by atoms with van der Waals surface area (Å²) in [6.45, 7) is 2.12. The molecular weight excluding hydrogens is 348 g/mol. The molecule has 1 saturated carbocycles. The average Bonchev–Trinajstić information content (AvgIpc) is 3.17. The van der Waals surface area contributed by atoms with Crippen LogP contribution in [0.5, 0.6) is 0 Å². The summed E-state index contributed by atoms with van der Waals surface area (Å²) in [5.41, 5.74) is -0.858. The van der Waals surface area contributed by atoms with Crippen LogP contribution in [0.3, 0.4) is 0 Å². The number of likely N-dealkylation sites (N-methyl/N-ethyl adjacent to an activating group) is 1. The largest absolute Gasteiger partial charge is 0.454 e. The van der Waals surface area contributed by atoms with Crippen molar-refractivity contribution in [2.45, 2.75) is 48.7 Å². The van der Waals surface area contributed by atoms with Crippen molar-refractivity contribution in [1.82, 2.24) is 4.90 Å². The van der Waals surface area contributed by atoms with E-state index in [0.717, 1.165) is 11.3 Å². The van der Waals surface area contributed by atoms with Crippen molar-refractivity contribution in [2.24, 2.45) is 11.8 Å². The molecule has 2 bridgehead atoms. The Morgan fingerprint density at radius 2 is 2.07 bits per heavy atom. The maximum absolute atomic E-state index is 13.3. The highest BCUT2D eigenvalue weighted by Gasteiger charge is 2.83. The van der Waals surface area contributed by atoms with E-state index in [-0.39, 0.29) is 30.3 Å². The third kappa shape index (κ3) is 1.45. The van der Waals surface area contributed by atoms with E-state index in [0.29, 0.717) is 13.0 Å². The van der Waals surface area contributed by atoms with Crippen LogP contribution < -0.4 is 5.32 Å². The molecule has 0 spiro atoms. The molecule has 1 aromatic carbocycles. The van der Waals surface area contributed by atoms with Crippen molar-refractivity contribution in [3.8, 4) is 0 Å². The SMILES string of the molecule is C[C@@H](O)C12CN(C)C3C[C@@H]1[C@@H](C(=O)O2)[C@@]12CC(=O)O[C@@]31Nc1ccccc12. The average molecular weight is 370 g/mol. The number of piperidine rings is 1. The van der Waals surface area contributed by atoms with Gasteiger partial charge < -0.3 is 19.9 Å². The van der Waals surface area contributed by atoms with Crippen molar-refractivity contribution in [3.63, 3.8) is 0 Å². The number of carbonyl (C=O) groups is 2. The van der Waals surface area contributed by atoms with Crippen molar-refractivity contribution in [1.29, 1.82) is 0 Å². The second-order valence-corrected chi connectivity index (χ2v) is 8.83. The van der Waals surface area contributed by atoms with Gasteiger partial charge in [-0.1, -0.05) is 18.2 Å². The molecule has 142 valence electrons. The van der Waals surface area contributed by atoms with Gasteiger partial charge in [-0.2, -0.15) is 0 Å². The highest BCUT2D eigenvalue weighted by molar-refractivity contribution is 5.89. The second kappa shape index (κ2) is 4.47. The van der Waals surface area contributed by atoms with E-state index >= 15 is 0 Å². The second-order valence-electron chi connectivity index (χ2n) is 8.83. The Labute approximate surface area is 156 Å². The zero-order chi connectivity index (χ0) is 18.8. The molecule has 5 aliphatic rings. The monoisotopic (exact) mass is 370 g/mol. The van der Waals surface area contributed by atoms with Gasteiger partial charge in [0.05, 0.1) is 29.9 Å². The molecule has 0 radical (unpaired) electrons. The van der Waals surface area contributed by atoms with Crippen LogP contribution >= 0.6 is 0 Å². The molecule has 1 aromatic rings. The summed E-state index contributed by atoms with van der Waals surface area (Å²) in [6.07, 6.45) is -0.00666. The predicted octanol–water partition coefficient (Wildman–Crippen LogP) is 0.620. The van der Waals surface area contributed by atoms with Crippen LogP contribution in [0.15, 0.2) is 24.3 Å². The van der Waals surface area contributed by atoms with E-state index in [1.807, 2.05) is 31.3 Å². The number of carbonyl (C=O) groups excluding carboxylic acids is 2. The summed E-state index contributed by atoms with van der Waals surface area (Å²) in [5, 5.41) is 14.1. The Hall–Kier alpha value is -2.12. The third-order valence-electron chi connectivity index (χ3n) is 7.88. The number of benzene rings is 1. The molecule has 7 nitrogen and oxygen atoms in total. The first-order valence-corrected chi connectivity index (χ1v) is 9.56. The number of hydrogen-bond donors (Lipinski definition) is 2. The van der Waals surface area contributed by atoms with Gasteiger partial charge in [0.1, 0.15) is 0 Å². The zero-order valence-electron chi connectivity index (χ0n) is 15.3. The van der Waals surface area contributed by atoms with Crippen molar-refractivity contribution in [3.05, 3.63) is 29.8 Å². The normalized spacial score (nSPS) is 47.4. The minimum absolute atomic E-state index is 0.0982. The molecule has 7 atom stereocenters. The van der Waals surface area contributed by atoms with Gasteiger partial charge in [0.15, 0.2) is 5.60 Å². The summed E-state index contributed by atoms with van der Waals surface area (Å²) in [7, 11) is 1.95. The highest BCUT2D eigenvalue weighted by Crippen LogP contribution is 2.70. The lowest BCUT2D eigenvalue weighted by molar-refractivity contribution is -0.194. The van der Waals surface area contributed by atoms with Gasteiger partial charge >= 0.3 is 11.9 Å². The summed E-state index contributed by atoms with van der Waals surface area (Å²) >= 11 is 0. The molecule has 27 heavy (non-hydrogen) atoms. The molecule has 0 amide bonds. The van der Waals surface area contributed by atoms with E-state index < -0.39 is 28.8 Å². The lowest BCUT2D eigenvalue weighted by Gasteiger charge is -2.59. The quantitative estimate of drug-likeness (QED) is 0.701. The molecular formula is C20H22N2O5. The van der Waals surface area contributed by atoms with E-state index in [2.05, 4.69) is 10.2 Å². The topological polar surface area (TPSA) is 88.1 Å². The summed E-state index contributed by atoms with van der Waals surface area (Å²) in [4.78, 5) is 28.0. The number of hydrogen-bond acceptors (Lipinski definition) is 7. The van der Waals surface area contributed by atoms with Crippen LogP contribution in [0.1, 0.15) is 25.3 Å². The van der Waals surface area contributed by atoms with Crippen LogP contribution in [0.2, 0.25) is 0 Å². The summed E-state index contributed by atoms with van der Waals surface area (Å²) in [6, 6.07) is 7.74. The first-order chi connectivity index (χ1) is 12.9. The number of esters is 2. The number of ether oxygens (including phenoxy) is 2. The first kappa shape index (κ1) is 15.9. The number of fused-ring (bicyclic) bond motifs is 2. The number of nitrogens with one attached hydrogen (secondary N) is 1. The molecule has 1 aliphatic carbocycles. The Balaban J connectivity index is 1.67. The fourth-order valence-corrected chi connectivity index (χ4v) is 6.96. The predicted molar refractivity (Wildman–Crippen MR) is 93.7 cm³/mol. The van der Waals surface area contributed by atoms with Gasteiger partial charge in [-0.15, -0.1) is 0 Å². The fraction of sp³-hybridized carbons (Fsp3) is 0.600. The number of aliphatic hydroxyl groups excluding tert-OH is 1. The van der Waals surface area contributed by atoms with E-state index in [9.17, 15) is 14.7 Å². The van der Waals surface area contributed by atoms with Gasteiger partial charge in [0, 0.05) is 18.2 Å². The van der Waals surface area contributed by atoms with E-state index in [1.165, 1.54) is 0 Å². The fourth-order valence-electron chi connectivity index (χ4n) is 6.96. The number of nitrogens with zero attached hydrogens (tertiary/aromatic N) is 1. The Kier molecular flexibility index (Phi) is 2.63. The van der Waals surface area contributed by atoms with Crippen molar-refractivity contribution < 1.29 is 24.2 Å². The maximum Gasteiger partial charge on any atom is 0.311 e. The van der Waals surface area contributed by atoms with Gasteiger partial charge in [-0.25, -0.2) is 0 Å². The van der Waals surface area contributed by atoms with Crippen molar-refractivity contribution >= 4 is 17.6 Å². The Morgan fingerprint density at radius 1 is 1.30 bits per heavy atom. The van der Waals surface area contributed by atoms with Gasteiger partial charge in [-0.05, 0) is 32.0 Å². The highest BCUT2D eigenvalue weighted by atomic mass is 16.6. The Morgan fingerprint density at radius 3 is 2.85 bits per heavy atom. The van der Waals surface area contributed by atoms with Gasteiger partial charge in [0.25, 0.3) is 0 Å². The van der Waals surface area contributed by atoms with E-state index in [1.54, 1.807) is 6.92 Å². The molecule has 4 aliphatic heterocycles. The molecule has 3 saturated heterocycles. The zero-order valence-corrected chi connectivity index (χ0v) is 15.3.